The number of benzene rings is 2. The van der Waals surface area contributed by atoms with Crippen molar-refractivity contribution < 1.29 is 14.5 Å². The molecule has 0 aliphatic carbocycles. The van der Waals surface area contributed by atoms with E-state index in [9.17, 15) is 14.9 Å². The number of rotatable bonds is 7. The third-order valence-electron chi connectivity index (χ3n) is 3.83. The monoisotopic (exact) mass is 448 g/mol. The summed E-state index contributed by atoms with van der Waals surface area (Å²) in [5.74, 6) is -0.248. The molecule has 30 heavy (non-hydrogen) atoms. The molecular formula is C18H14Cl2N6O4. The molecule has 3 rings (SSSR count). The first-order valence-electron chi connectivity index (χ1n) is 8.31. The van der Waals surface area contributed by atoms with E-state index in [2.05, 4.69) is 26.1 Å². The maximum absolute atomic E-state index is 12.3. The zero-order chi connectivity index (χ0) is 21.7. The lowest BCUT2D eigenvalue weighted by Crippen LogP contribution is -2.30. The first kappa shape index (κ1) is 21.1. The minimum atomic E-state index is -0.679. The number of anilines is 3. The molecule has 0 unspecified atom stereocenters. The Balaban J connectivity index is 1.80. The van der Waals surface area contributed by atoms with Gasteiger partial charge in [0.15, 0.2) is 0 Å². The van der Waals surface area contributed by atoms with Gasteiger partial charge in [-0.3, -0.25) is 25.8 Å². The van der Waals surface area contributed by atoms with Crippen LogP contribution in [0.25, 0.3) is 0 Å². The van der Waals surface area contributed by atoms with Crippen molar-refractivity contribution >= 4 is 52.1 Å². The van der Waals surface area contributed by atoms with E-state index in [0.29, 0.717) is 22.0 Å². The second-order valence-corrected chi connectivity index (χ2v) is 6.55. The number of carbonyl (C=O) groups excluding carboxylic acids is 1. The molecule has 0 aliphatic rings. The number of hydrogen-bond donors (Lipinski definition) is 3. The van der Waals surface area contributed by atoms with Gasteiger partial charge in [-0.05, 0) is 42.5 Å². The van der Waals surface area contributed by atoms with Crippen LogP contribution in [0.1, 0.15) is 10.4 Å². The lowest BCUT2D eigenvalue weighted by atomic mass is 10.2. The maximum atomic E-state index is 12.3. The van der Waals surface area contributed by atoms with E-state index >= 15 is 0 Å². The number of hydrogen-bond acceptors (Lipinski definition) is 8. The standard InChI is InChI=1S/C18H14Cl2N6O4/c1-30-12-5-2-10(3-6-12)18(27)25-24-17-15(26(28)29)16(21-9-22-17)23-11-4-7-13(19)14(20)8-11/h2-9H,1H3,(H,25,27)(H2,21,22,23,24). The van der Waals surface area contributed by atoms with Gasteiger partial charge in [0, 0.05) is 11.3 Å². The lowest BCUT2D eigenvalue weighted by Gasteiger charge is -2.11. The Bertz CT molecular complexity index is 1090. The normalized spacial score (nSPS) is 10.2. The molecule has 10 nitrogen and oxygen atoms in total. The highest BCUT2D eigenvalue weighted by molar-refractivity contribution is 6.42. The van der Waals surface area contributed by atoms with Gasteiger partial charge in [0.25, 0.3) is 5.91 Å². The SMILES string of the molecule is COc1ccc(C(=O)NNc2ncnc(Nc3ccc(Cl)c(Cl)c3)c2[N+](=O)[O-])cc1. The van der Waals surface area contributed by atoms with E-state index in [1.807, 2.05) is 0 Å². The van der Waals surface area contributed by atoms with Crippen LogP contribution in [0.2, 0.25) is 10.0 Å². The Morgan fingerprint density at radius 3 is 2.40 bits per heavy atom. The van der Waals surface area contributed by atoms with Crippen molar-refractivity contribution in [3.05, 3.63) is 74.5 Å². The van der Waals surface area contributed by atoms with Crippen LogP contribution in [-0.4, -0.2) is 27.9 Å². The molecule has 0 aliphatic heterocycles. The van der Waals surface area contributed by atoms with Gasteiger partial charge in [-0.25, -0.2) is 9.97 Å². The van der Waals surface area contributed by atoms with Gasteiger partial charge >= 0.3 is 5.69 Å². The summed E-state index contributed by atoms with van der Waals surface area (Å²) in [5.41, 5.74) is 5.09. The second-order valence-electron chi connectivity index (χ2n) is 5.74. The smallest absolute Gasteiger partial charge is 0.355 e. The summed E-state index contributed by atoms with van der Waals surface area (Å²) in [6.07, 6.45) is 1.11. The summed E-state index contributed by atoms with van der Waals surface area (Å²) in [6, 6.07) is 10.9. The number of halogens is 2. The van der Waals surface area contributed by atoms with Crippen molar-refractivity contribution in [1.82, 2.24) is 15.4 Å². The lowest BCUT2D eigenvalue weighted by molar-refractivity contribution is -0.383. The summed E-state index contributed by atoms with van der Waals surface area (Å²) in [4.78, 5) is 31.0. The Labute approximate surface area is 180 Å². The molecule has 0 saturated heterocycles. The molecule has 1 amide bonds. The molecule has 0 radical (unpaired) electrons. The van der Waals surface area contributed by atoms with Crippen LogP contribution < -0.4 is 20.9 Å². The van der Waals surface area contributed by atoms with E-state index < -0.39 is 16.5 Å². The molecule has 2 aromatic carbocycles. The number of aromatic nitrogens is 2. The van der Waals surface area contributed by atoms with Crippen molar-refractivity contribution in [3.63, 3.8) is 0 Å². The van der Waals surface area contributed by atoms with Crippen LogP contribution in [0.4, 0.5) is 23.0 Å². The van der Waals surface area contributed by atoms with Crippen molar-refractivity contribution in [1.29, 1.82) is 0 Å². The van der Waals surface area contributed by atoms with Crippen molar-refractivity contribution in [2.75, 3.05) is 17.9 Å². The van der Waals surface area contributed by atoms with Crippen molar-refractivity contribution in [2.45, 2.75) is 0 Å². The number of ether oxygens (including phenoxy) is 1. The van der Waals surface area contributed by atoms with Crippen molar-refractivity contribution in [2.24, 2.45) is 0 Å². The van der Waals surface area contributed by atoms with Crippen LogP contribution in [0, 0.1) is 10.1 Å². The Morgan fingerprint density at radius 2 is 1.77 bits per heavy atom. The highest BCUT2D eigenvalue weighted by atomic mass is 35.5. The van der Waals surface area contributed by atoms with E-state index in [1.54, 1.807) is 30.3 Å². The van der Waals surface area contributed by atoms with Crippen molar-refractivity contribution in [3.8, 4) is 5.75 Å². The average molecular weight is 449 g/mol. The molecule has 154 valence electrons. The van der Waals surface area contributed by atoms with Crippen LogP contribution in [-0.2, 0) is 0 Å². The molecule has 1 aromatic heterocycles. The Morgan fingerprint density at radius 1 is 1.07 bits per heavy atom. The van der Waals surface area contributed by atoms with Gasteiger partial charge in [0.2, 0.25) is 11.6 Å². The number of amides is 1. The average Bonchev–Trinajstić information content (AvgIpc) is 2.74. The Kier molecular flexibility index (Phi) is 6.50. The number of nitro groups is 1. The number of carbonyl (C=O) groups is 1. The summed E-state index contributed by atoms with van der Waals surface area (Å²) in [5, 5.41) is 15.0. The summed E-state index contributed by atoms with van der Waals surface area (Å²) in [6.45, 7) is 0. The molecule has 0 fully saturated rings. The molecular weight excluding hydrogens is 435 g/mol. The second kappa shape index (κ2) is 9.25. The highest BCUT2D eigenvalue weighted by Crippen LogP contribution is 2.32. The van der Waals surface area contributed by atoms with Gasteiger partial charge in [-0.1, -0.05) is 23.2 Å². The first-order valence-corrected chi connectivity index (χ1v) is 9.06. The van der Waals surface area contributed by atoms with Gasteiger partial charge in [-0.15, -0.1) is 0 Å². The number of methoxy groups -OCH3 is 1. The molecule has 0 spiro atoms. The molecule has 3 aromatic rings. The largest absolute Gasteiger partial charge is 0.497 e. The molecule has 0 bridgehead atoms. The maximum Gasteiger partial charge on any atom is 0.355 e. The highest BCUT2D eigenvalue weighted by Gasteiger charge is 2.24. The predicted octanol–water partition coefficient (Wildman–Crippen LogP) is 4.20. The fraction of sp³-hybridized carbons (Fsp3) is 0.0556. The fourth-order valence-corrected chi connectivity index (χ4v) is 2.67. The van der Waals surface area contributed by atoms with Crippen LogP contribution >= 0.6 is 23.2 Å². The molecule has 0 saturated carbocycles. The zero-order valence-electron chi connectivity index (χ0n) is 15.3. The number of nitrogens with zero attached hydrogens (tertiary/aromatic N) is 3. The first-order chi connectivity index (χ1) is 14.4. The van der Waals surface area contributed by atoms with Crippen LogP contribution in [0.15, 0.2) is 48.8 Å². The van der Waals surface area contributed by atoms with E-state index in [-0.39, 0.29) is 16.7 Å². The summed E-state index contributed by atoms with van der Waals surface area (Å²) in [7, 11) is 1.51. The molecule has 12 heteroatoms. The molecule has 1 heterocycles. The quantitative estimate of drug-likeness (QED) is 0.361. The van der Waals surface area contributed by atoms with Crippen LogP contribution in [0.5, 0.6) is 5.75 Å². The molecule has 3 N–H and O–H groups in total. The van der Waals surface area contributed by atoms with Gasteiger partial charge in [-0.2, -0.15) is 0 Å². The minimum absolute atomic E-state index is 0.102. The van der Waals surface area contributed by atoms with Gasteiger partial charge in [0.1, 0.15) is 12.1 Å². The summed E-state index contributed by atoms with van der Waals surface area (Å²) < 4.78 is 5.03. The third kappa shape index (κ3) is 4.85. The van der Waals surface area contributed by atoms with E-state index in [0.717, 1.165) is 6.33 Å². The van der Waals surface area contributed by atoms with Crippen LogP contribution in [0.3, 0.4) is 0 Å². The molecule has 0 atom stereocenters. The number of nitrogens with one attached hydrogen (secondary N) is 3. The number of hydrazine groups is 1. The van der Waals surface area contributed by atoms with E-state index in [1.165, 1.54) is 19.2 Å². The van der Waals surface area contributed by atoms with Gasteiger partial charge < -0.3 is 10.1 Å². The zero-order valence-corrected chi connectivity index (χ0v) is 16.9. The Hall–Kier alpha value is -3.63. The van der Waals surface area contributed by atoms with E-state index in [4.69, 9.17) is 27.9 Å². The van der Waals surface area contributed by atoms with Gasteiger partial charge in [0.05, 0.1) is 22.1 Å². The topological polar surface area (TPSA) is 131 Å². The third-order valence-corrected chi connectivity index (χ3v) is 4.57. The predicted molar refractivity (Wildman–Crippen MR) is 113 cm³/mol. The fourth-order valence-electron chi connectivity index (χ4n) is 2.38. The minimum Gasteiger partial charge on any atom is -0.497 e. The summed E-state index contributed by atoms with van der Waals surface area (Å²) >= 11 is 11.8.